The van der Waals surface area contributed by atoms with Gasteiger partial charge in [-0.25, -0.2) is 4.79 Å². The zero-order chi connectivity index (χ0) is 39.3. The van der Waals surface area contributed by atoms with E-state index in [1.807, 2.05) is 6.92 Å². The minimum atomic E-state index is -0.857. The molecule has 53 heavy (non-hydrogen) atoms. The molecule has 6 unspecified atom stereocenters. The highest BCUT2D eigenvalue weighted by atomic mass is 16.4. The molecule has 0 radical (unpaired) electrons. The zero-order valence-corrected chi connectivity index (χ0v) is 36.0. The summed E-state index contributed by atoms with van der Waals surface area (Å²) in [5, 5.41) is 37.5. The summed E-state index contributed by atoms with van der Waals surface area (Å²) >= 11 is 0. The third-order valence-corrected chi connectivity index (χ3v) is 13.3. The number of aliphatic carboxylic acids is 1. The molecule has 0 aromatic rings. The summed E-state index contributed by atoms with van der Waals surface area (Å²) < 4.78 is 0. The molecule has 3 saturated heterocycles. The summed E-state index contributed by atoms with van der Waals surface area (Å²) in [7, 11) is 0. The van der Waals surface area contributed by atoms with Crippen LogP contribution in [0.3, 0.4) is 0 Å². The van der Waals surface area contributed by atoms with Crippen LogP contribution in [0.25, 0.3) is 0 Å². The van der Waals surface area contributed by atoms with Gasteiger partial charge in [-0.3, -0.25) is 14.7 Å². The Morgan fingerprint density at radius 3 is 0.906 bits per heavy atom. The Hall–Kier alpha value is -0.770. The zero-order valence-electron chi connectivity index (χ0n) is 36.0. The molecule has 0 aromatic carbocycles. The van der Waals surface area contributed by atoms with Gasteiger partial charge in [-0.2, -0.15) is 0 Å². The molecule has 0 aromatic heterocycles. The number of aliphatic hydroxyl groups excluding tert-OH is 3. The smallest absolute Gasteiger partial charge is 0.340 e. The van der Waals surface area contributed by atoms with Crippen LogP contribution in [0.1, 0.15) is 209 Å². The molecule has 3 rings (SSSR count). The van der Waals surface area contributed by atoms with Crippen LogP contribution in [-0.4, -0.2) is 109 Å². The summed E-state index contributed by atoms with van der Waals surface area (Å²) in [6.07, 6.45) is 30.4. The molecule has 0 bridgehead atoms. The summed E-state index contributed by atoms with van der Waals surface area (Å²) in [6, 6.07) is 2.95. The van der Waals surface area contributed by atoms with Crippen molar-refractivity contribution in [1.82, 2.24) is 14.7 Å². The molecule has 8 heteroatoms. The largest absolute Gasteiger partial charge is 0.479 e. The lowest BCUT2D eigenvalue weighted by molar-refractivity contribution is -0.157. The highest BCUT2D eigenvalue weighted by molar-refractivity contribution is 5.80. The Balaban J connectivity index is 0.000000953. The van der Waals surface area contributed by atoms with Crippen molar-refractivity contribution < 1.29 is 25.2 Å². The second kappa shape index (κ2) is 26.2. The van der Waals surface area contributed by atoms with E-state index >= 15 is 0 Å². The van der Waals surface area contributed by atoms with Gasteiger partial charge in [-0.05, 0) is 44.9 Å². The first-order chi connectivity index (χ1) is 25.7. The van der Waals surface area contributed by atoms with E-state index in [1.165, 1.54) is 154 Å². The van der Waals surface area contributed by atoms with Gasteiger partial charge in [0.05, 0.1) is 19.8 Å². The number of unbranched alkanes of at least 4 members (excludes halogenated alkanes) is 12. The fourth-order valence-electron chi connectivity index (χ4n) is 9.38. The van der Waals surface area contributed by atoms with Gasteiger partial charge in [0.1, 0.15) is 0 Å². The van der Waals surface area contributed by atoms with Crippen LogP contribution in [0.15, 0.2) is 0 Å². The second-order valence-corrected chi connectivity index (χ2v) is 17.3. The molecule has 0 saturated carbocycles. The number of aliphatic hydroxyl groups is 3. The first-order valence-electron chi connectivity index (χ1n) is 23.1. The first-order valence-corrected chi connectivity index (χ1v) is 23.1. The van der Waals surface area contributed by atoms with Gasteiger partial charge in [0.2, 0.25) is 0 Å². The highest BCUT2D eigenvalue weighted by Crippen LogP contribution is 2.54. The molecule has 6 atom stereocenters. The lowest BCUT2D eigenvalue weighted by Gasteiger charge is -2.36. The third kappa shape index (κ3) is 14.0. The molecule has 8 nitrogen and oxygen atoms in total. The minimum absolute atomic E-state index is 0.156. The van der Waals surface area contributed by atoms with E-state index in [1.54, 1.807) is 0 Å². The van der Waals surface area contributed by atoms with E-state index in [2.05, 4.69) is 56.2 Å². The van der Waals surface area contributed by atoms with Crippen LogP contribution < -0.4 is 0 Å². The number of rotatable bonds is 33. The maximum Gasteiger partial charge on any atom is 0.340 e. The molecule has 3 aliphatic heterocycles. The predicted octanol–water partition coefficient (Wildman–Crippen LogP) is 9.77. The molecule has 3 heterocycles. The van der Waals surface area contributed by atoms with Crippen molar-refractivity contribution in [3.05, 3.63) is 0 Å². The van der Waals surface area contributed by atoms with Crippen molar-refractivity contribution in [2.45, 2.75) is 251 Å². The SMILES string of the molecule is CCC(CO)(CO)CO.CCCCCC1C(CCCCC)N1CC(C(=O)O)(N1C(CCCCC)C1CCCCC)N1C(CCCCC)C1CCCCC. The van der Waals surface area contributed by atoms with Gasteiger partial charge in [-0.1, -0.05) is 164 Å². The highest BCUT2D eigenvalue weighted by Gasteiger charge is 2.72. The van der Waals surface area contributed by atoms with E-state index in [0.29, 0.717) is 42.7 Å². The van der Waals surface area contributed by atoms with Crippen molar-refractivity contribution in [3.8, 4) is 0 Å². The summed E-state index contributed by atoms with van der Waals surface area (Å²) in [4.78, 5) is 22.0. The molecule has 314 valence electrons. The molecule has 0 aliphatic carbocycles. The Morgan fingerprint density at radius 1 is 0.453 bits per heavy atom. The summed E-state index contributed by atoms with van der Waals surface area (Å²) in [6.45, 7) is 15.8. The monoisotopic (exact) mass is 752 g/mol. The van der Waals surface area contributed by atoms with Crippen LogP contribution in [0.5, 0.6) is 0 Å². The number of carbonyl (C=O) groups is 1. The maximum absolute atomic E-state index is 14.1. The molecule has 4 N–H and O–H groups in total. The Morgan fingerprint density at radius 2 is 0.717 bits per heavy atom. The van der Waals surface area contributed by atoms with E-state index in [0.717, 1.165) is 6.54 Å². The quantitative estimate of drug-likeness (QED) is 0.0388. The first kappa shape index (κ1) is 48.4. The van der Waals surface area contributed by atoms with Crippen molar-refractivity contribution in [3.63, 3.8) is 0 Å². The molecule has 3 aliphatic rings. The van der Waals surface area contributed by atoms with Gasteiger partial charge >= 0.3 is 5.97 Å². The van der Waals surface area contributed by atoms with E-state index in [4.69, 9.17) is 15.3 Å². The molecule has 3 fully saturated rings. The molecular formula is C45H89N3O5. The van der Waals surface area contributed by atoms with Gasteiger partial charge in [0, 0.05) is 48.2 Å². The average Bonchev–Trinajstić information content (AvgIpc) is 4.12. The van der Waals surface area contributed by atoms with Crippen molar-refractivity contribution >= 4 is 5.97 Å². The Bertz CT molecular complexity index is 846. The Labute approximate surface area is 327 Å². The predicted molar refractivity (Wildman–Crippen MR) is 222 cm³/mol. The number of nitrogens with zero attached hydrogens (tertiary/aromatic N) is 3. The molecular weight excluding hydrogens is 663 g/mol. The topological polar surface area (TPSA) is 107 Å². The summed E-state index contributed by atoms with van der Waals surface area (Å²) in [5.74, 6) is -0.541. The minimum Gasteiger partial charge on any atom is -0.479 e. The Kier molecular flexibility index (Phi) is 23.9. The third-order valence-electron chi connectivity index (χ3n) is 13.3. The lowest BCUT2D eigenvalue weighted by Crippen LogP contribution is -2.60. The van der Waals surface area contributed by atoms with Crippen LogP contribution in [0.2, 0.25) is 0 Å². The van der Waals surface area contributed by atoms with Gasteiger partial charge in [0.25, 0.3) is 0 Å². The number of carboxylic acids is 1. The van der Waals surface area contributed by atoms with E-state index < -0.39 is 17.0 Å². The summed E-state index contributed by atoms with van der Waals surface area (Å²) in [5.41, 5.74) is -1.52. The van der Waals surface area contributed by atoms with Crippen molar-refractivity contribution in [1.29, 1.82) is 0 Å². The van der Waals surface area contributed by atoms with Crippen LogP contribution in [-0.2, 0) is 4.79 Å². The molecule has 0 spiro atoms. The van der Waals surface area contributed by atoms with Crippen molar-refractivity contribution in [2.24, 2.45) is 5.41 Å². The number of carboxylic acid groups (broad SMARTS) is 1. The molecule has 0 amide bonds. The number of hydrogen-bond donors (Lipinski definition) is 4. The van der Waals surface area contributed by atoms with Crippen molar-refractivity contribution in [2.75, 3.05) is 26.4 Å². The van der Waals surface area contributed by atoms with Crippen LogP contribution >= 0.6 is 0 Å². The normalized spacial score (nSPS) is 28.6. The second-order valence-electron chi connectivity index (χ2n) is 17.3. The average molecular weight is 752 g/mol. The fraction of sp³-hybridized carbons (Fsp3) is 0.978. The van der Waals surface area contributed by atoms with E-state index in [9.17, 15) is 9.90 Å². The number of hydrogen-bond acceptors (Lipinski definition) is 7. The fourth-order valence-corrected chi connectivity index (χ4v) is 9.38. The maximum atomic E-state index is 14.1. The van der Waals surface area contributed by atoms with E-state index in [-0.39, 0.29) is 19.8 Å². The van der Waals surface area contributed by atoms with Crippen LogP contribution in [0, 0.1) is 5.41 Å². The van der Waals surface area contributed by atoms with Gasteiger partial charge in [-0.15, -0.1) is 0 Å². The van der Waals surface area contributed by atoms with Gasteiger partial charge in [0.15, 0.2) is 5.66 Å². The van der Waals surface area contributed by atoms with Gasteiger partial charge < -0.3 is 20.4 Å². The standard InChI is InChI=1S/C39H75N3O2.C6H14O3/c1-7-13-19-25-32-33(26-20-14-8-2)40(32)31-39(38(43)44,41-34(27-21-15-9-3)35(41)28-22-16-10-4)42-36(29-23-17-11-5)37(42)30-24-18-12-6;1-2-6(3-7,4-8)5-9/h32-37H,7-31H2,1-6H3,(H,43,44);7-9H,2-5H2,1H3. The lowest BCUT2D eigenvalue weighted by atomic mass is 9.88. The van der Waals surface area contributed by atoms with Crippen LogP contribution in [0.4, 0.5) is 0 Å².